The van der Waals surface area contributed by atoms with Gasteiger partial charge in [0.1, 0.15) is 0 Å². The molecule has 23 heavy (non-hydrogen) atoms. The molecule has 128 valence electrons. The van der Waals surface area contributed by atoms with Crippen LogP contribution in [0.25, 0.3) is 0 Å². The van der Waals surface area contributed by atoms with E-state index in [9.17, 15) is 9.90 Å². The fraction of sp³-hybridized carbons (Fsp3) is 0.611. The molecule has 0 aliphatic carbocycles. The lowest BCUT2D eigenvalue weighted by atomic mass is 9.95. The first-order valence-corrected chi connectivity index (χ1v) is 8.62. The first-order valence-electron chi connectivity index (χ1n) is 8.62. The monoisotopic (exact) mass is 319 g/mol. The van der Waals surface area contributed by atoms with E-state index in [2.05, 4.69) is 21.6 Å². The van der Waals surface area contributed by atoms with E-state index in [1.54, 1.807) is 0 Å². The molecule has 0 radical (unpaired) electrons. The maximum absolute atomic E-state index is 12.4. The number of hydrogen-bond donors (Lipinski definition) is 3. The Balaban J connectivity index is 2.06. The highest BCUT2D eigenvalue weighted by atomic mass is 16.3. The Morgan fingerprint density at radius 1 is 1.26 bits per heavy atom. The van der Waals surface area contributed by atoms with E-state index in [0.717, 1.165) is 30.9 Å². The summed E-state index contributed by atoms with van der Waals surface area (Å²) in [5.41, 5.74) is 1.54. The number of piperidine rings is 1. The Hall–Kier alpha value is -1.75. The summed E-state index contributed by atoms with van der Waals surface area (Å²) in [6.07, 6.45) is 5.00. The molecular formula is C18H29N3O2. The Labute approximate surface area is 139 Å². The highest BCUT2D eigenvalue weighted by Gasteiger charge is 2.24. The van der Waals surface area contributed by atoms with Crippen molar-refractivity contribution in [2.45, 2.75) is 51.5 Å². The van der Waals surface area contributed by atoms with Gasteiger partial charge in [0.05, 0.1) is 11.4 Å². The van der Waals surface area contributed by atoms with Crippen LogP contribution >= 0.6 is 0 Å². The highest BCUT2D eigenvalue weighted by Crippen LogP contribution is 2.28. The summed E-state index contributed by atoms with van der Waals surface area (Å²) >= 11 is 0. The molecule has 1 atom stereocenters. The Morgan fingerprint density at radius 2 is 1.96 bits per heavy atom. The van der Waals surface area contributed by atoms with Crippen molar-refractivity contribution < 1.29 is 9.90 Å². The summed E-state index contributed by atoms with van der Waals surface area (Å²) in [7, 11) is 0. The number of aliphatic hydroxyl groups is 1. The molecule has 3 N–H and O–H groups in total. The lowest BCUT2D eigenvalue weighted by Crippen LogP contribution is -2.48. The number of rotatable bonds is 6. The molecule has 2 amide bonds. The normalized spacial score (nSPS) is 17.4. The third-order valence-corrected chi connectivity index (χ3v) is 4.71. The van der Waals surface area contributed by atoms with E-state index < -0.39 is 0 Å². The quantitative estimate of drug-likeness (QED) is 0.753. The van der Waals surface area contributed by atoms with Crippen molar-refractivity contribution in [1.29, 1.82) is 0 Å². The van der Waals surface area contributed by atoms with Crippen LogP contribution in [-0.2, 0) is 0 Å². The summed E-state index contributed by atoms with van der Waals surface area (Å²) in [6.45, 7) is 6.11. The second-order valence-electron chi connectivity index (χ2n) is 6.53. The second kappa shape index (κ2) is 8.20. The number of carbonyl (C=O) groups is 1. The zero-order valence-corrected chi connectivity index (χ0v) is 14.3. The molecule has 0 aromatic heterocycles. The molecule has 5 heteroatoms. The number of aliphatic hydroxyl groups excluding tert-OH is 1. The van der Waals surface area contributed by atoms with Gasteiger partial charge in [-0.2, -0.15) is 0 Å². The molecule has 0 bridgehead atoms. The molecule has 0 saturated carbocycles. The van der Waals surface area contributed by atoms with Crippen molar-refractivity contribution in [1.82, 2.24) is 5.32 Å². The van der Waals surface area contributed by atoms with Gasteiger partial charge in [0, 0.05) is 25.2 Å². The fourth-order valence-corrected chi connectivity index (χ4v) is 2.99. The average molecular weight is 319 g/mol. The molecule has 1 heterocycles. The predicted molar refractivity (Wildman–Crippen MR) is 95.1 cm³/mol. The van der Waals surface area contributed by atoms with Crippen LogP contribution in [0, 0.1) is 0 Å². The molecule has 1 aliphatic heterocycles. The minimum absolute atomic E-state index is 0.0645. The van der Waals surface area contributed by atoms with Crippen molar-refractivity contribution in [3.8, 4) is 0 Å². The highest BCUT2D eigenvalue weighted by molar-refractivity contribution is 5.93. The van der Waals surface area contributed by atoms with E-state index in [1.807, 2.05) is 32.0 Å². The van der Waals surface area contributed by atoms with Gasteiger partial charge < -0.3 is 20.6 Å². The first kappa shape index (κ1) is 17.6. The Bertz CT molecular complexity index is 515. The summed E-state index contributed by atoms with van der Waals surface area (Å²) in [4.78, 5) is 14.7. The van der Waals surface area contributed by atoms with Crippen LogP contribution in [0.2, 0.25) is 0 Å². The number of nitrogens with one attached hydrogen (secondary N) is 2. The van der Waals surface area contributed by atoms with E-state index in [0.29, 0.717) is 6.42 Å². The van der Waals surface area contributed by atoms with Gasteiger partial charge in [-0.05, 0) is 51.2 Å². The van der Waals surface area contributed by atoms with Gasteiger partial charge in [-0.3, -0.25) is 0 Å². The number of urea groups is 1. The summed E-state index contributed by atoms with van der Waals surface area (Å²) in [5.74, 6) is 0. The van der Waals surface area contributed by atoms with Crippen molar-refractivity contribution in [3.05, 3.63) is 24.3 Å². The van der Waals surface area contributed by atoms with Gasteiger partial charge in [0.15, 0.2) is 0 Å². The number of carbonyl (C=O) groups excluding carboxylic acids is 1. The molecule has 5 nitrogen and oxygen atoms in total. The molecule has 1 fully saturated rings. The van der Waals surface area contributed by atoms with Crippen LogP contribution in [0.15, 0.2) is 24.3 Å². The molecule has 1 saturated heterocycles. The zero-order valence-electron chi connectivity index (χ0n) is 14.3. The van der Waals surface area contributed by atoms with Gasteiger partial charge in [0.25, 0.3) is 0 Å². The number of benzene rings is 1. The van der Waals surface area contributed by atoms with Gasteiger partial charge >= 0.3 is 6.03 Å². The molecule has 0 spiro atoms. The fourth-order valence-electron chi connectivity index (χ4n) is 2.99. The van der Waals surface area contributed by atoms with E-state index >= 15 is 0 Å². The zero-order chi connectivity index (χ0) is 16.7. The predicted octanol–water partition coefficient (Wildman–Crippen LogP) is 3.35. The van der Waals surface area contributed by atoms with Crippen LogP contribution < -0.4 is 15.5 Å². The van der Waals surface area contributed by atoms with E-state index in [1.165, 1.54) is 19.3 Å². The van der Waals surface area contributed by atoms with Crippen LogP contribution in [0.5, 0.6) is 0 Å². The minimum atomic E-state index is -0.390. The van der Waals surface area contributed by atoms with Gasteiger partial charge in [0.2, 0.25) is 0 Å². The van der Waals surface area contributed by atoms with Crippen LogP contribution in [-0.4, -0.2) is 36.4 Å². The largest absolute Gasteiger partial charge is 0.396 e. The van der Waals surface area contributed by atoms with Gasteiger partial charge in [-0.25, -0.2) is 4.79 Å². The molecule has 2 rings (SSSR count). The molecule has 1 aromatic carbocycles. The lowest BCUT2D eigenvalue weighted by Gasteiger charge is -2.32. The number of amides is 2. The van der Waals surface area contributed by atoms with Crippen molar-refractivity contribution in [3.63, 3.8) is 0 Å². The lowest BCUT2D eigenvalue weighted by molar-refractivity contribution is 0.208. The van der Waals surface area contributed by atoms with Crippen molar-refractivity contribution in [2.75, 3.05) is 29.9 Å². The Morgan fingerprint density at radius 3 is 2.61 bits per heavy atom. The summed E-state index contributed by atoms with van der Waals surface area (Å²) < 4.78 is 0. The van der Waals surface area contributed by atoms with Crippen molar-refractivity contribution in [2.24, 2.45) is 0 Å². The minimum Gasteiger partial charge on any atom is -0.396 e. The number of hydrogen-bond acceptors (Lipinski definition) is 3. The number of anilines is 2. The third kappa shape index (κ3) is 4.86. The average Bonchev–Trinajstić information content (AvgIpc) is 2.56. The number of nitrogens with zero attached hydrogens (tertiary/aromatic N) is 1. The van der Waals surface area contributed by atoms with Gasteiger partial charge in [-0.1, -0.05) is 19.1 Å². The second-order valence-corrected chi connectivity index (χ2v) is 6.53. The Kier molecular flexibility index (Phi) is 6.28. The van der Waals surface area contributed by atoms with E-state index in [-0.39, 0.29) is 18.2 Å². The number of para-hydroxylation sites is 2. The summed E-state index contributed by atoms with van der Waals surface area (Å²) in [6, 6.07) is 7.74. The van der Waals surface area contributed by atoms with Crippen LogP contribution in [0.4, 0.5) is 16.2 Å². The first-order chi connectivity index (χ1) is 11.1. The van der Waals surface area contributed by atoms with E-state index in [4.69, 9.17) is 0 Å². The standard InChI is InChI=1S/C18H29N3O2/c1-3-18(2,11-14-22)20-17(23)19-15-9-5-6-10-16(15)21-12-7-4-8-13-21/h5-6,9-10,22H,3-4,7-8,11-14H2,1-2H3,(H2,19,20,23). The maximum atomic E-state index is 12.4. The SMILES string of the molecule is CCC(C)(CCO)NC(=O)Nc1ccccc1N1CCCCC1. The van der Waals surface area contributed by atoms with Gasteiger partial charge in [-0.15, -0.1) is 0 Å². The maximum Gasteiger partial charge on any atom is 0.319 e. The molecule has 1 unspecified atom stereocenters. The third-order valence-electron chi connectivity index (χ3n) is 4.71. The van der Waals surface area contributed by atoms with Crippen molar-refractivity contribution >= 4 is 17.4 Å². The summed E-state index contributed by atoms with van der Waals surface area (Å²) in [5, 5.41) is 15.1. The topological polar surface area (TPSA) is 64.6 Å². The van der Waals surface area contributed by atoms with Crippen LogP contribution in [0.3, 0.4) is 0 Å². The molecule has 1 aromatic rings. The molecular weight excluding hydrogens is 290 g/mol. The van der Waals surface area contributed by atoms with Crippen LogP contribution in [0.1, 0.15) is 46.0 Å². The molecule has 1 aliphatic rings. The smallest absolute Gasteiger partial charge is 0.319 e.